The van der Waals surface area contributed by atoms with Gasteiger partial charge >= 0.3 is 6.08 Å². The Morgan fingerprint density at radius 2 is 2.27 bits per heavy atom. The van der Waals surface area contributed by atoms with E-state index in [1.165, 1.54) is 12.5 Å². The summed E-state index contributed by atoms with van der Waals surface area (Å²) >= 11 is 0. The standard InChI is InChI=1S/C5H4FN5/c6-5-8-1-3-4(10-5)11(7)2-9-3/h1-2H,7H2. The summed E-state index contributed by atoms with van der Waals surface area (Å²) in [6, 6.07) is 0. The third kappa shape index (κ3) is 0.794. The van der Waals surface area contributed by atoms with Gasteiger partial charge in [0, 0.05) is 0 Å². The van der Waals surface area contributed by atoms with Gasteiger partial charge in [0.05, 0.1) is 6.20 Å². The monoisotopic (exact) mass is 153 g/mol. The summed E-state index contributed by atoms with van der Waals surface area (Å²) in [7, 11) is 0. The fourth-order valence-corrected chi connectivity index (χ4v) is 0.806. The van der Waals surface area contributed by atoms with E-state index in [1.54, 1.807) is 0 Å². The number of fused-ring (bicyclic) bond motifs is 1. The van der Waals surface area contributed by atoms with Crippen molar-refractivity contribution in [2.45, 2.75) is 0 Å². The van der Waals surface area contributed by atoms with Crippen LogP contribution in [0.2, 0.25) is 0 Å². The van der Waals surface area contributed by atoms with Crippen molar-refractivity contribution in [3.05, 3.63) is 18.6 Å². The third-order valence-electron chi connectivity index (χ3n) is 1.29. The van der Waals surface area contributed by atoms with E-state index in [9.17, 15) is 4.39 Å². The van der Waals surface area contributed by atoms with Crippen LogP contribution in [0.3, 0.4) is 0 Å². The Labute approximate surface area is 60.7 Å². The van der Waals surface area contributed by atoms with Crippen LogP contribution in [-0.2, 0) is 0 Å². The van der Waals surface area contributed by atoms with E-state index in [4.69, 9.17) is 5.84 Å². The van der Waals surface area contributed by atoms with Crippen molar-refractivity contribution in [3.8, 4) is 0 Å². The Balaban J connectivity index is 2.87. The lowest BCUT2D eigenvalue weighted by molar-refractivity contribution is 0.542. The van der Waals surface area contributed by atoms with Crippen LogP contribution < -0.4 is 5.84 Å². The van der Waals surface area contributed by atoms with Crippen molar-refractivity contribution < 1.29 is 4.39 Å². The van der Waals surface area contributed by atoms with Gasteiger partial charge in [-0.3, -0.25) is 0 Å². The van der Waals surface area contributed by atoms with Crippen molar-refractivity contribution >= 4 is 11.2 Å². The van der Waals surface area contributed by atoms with Crippen molar-refractivity contribution in [1.82, 2.24) is 19.6 Å². The SMILES string of the molecule is Nn1cnc2cnc(F)nc21. The first kappa shape index (κ1) is 6.02. The smallest absolute Gasteiger partial charge is 0.310 e. The Morgan fingerprint density at radius 1 is 1.45 bits per heavy atom. The van der Waals surface area contributed by atoms with Gasteiger partial charge in [0.25, 0.3) is 0 Å². The number of aromatic nitrogens is 4. The minimum atomic E-state index is -0.801. The zero-order valence-electron chi connectivity index (χ0n) is 5.40. The number of imidazole rings is 1. The first-order valence-electron chi connectivity index (χ1n) is 2.88. The molecule has 0 amide bonds. The number of hydrogen-bond acceptors (Lipinski definition) is 4. The molecule has 56 valence electrons. The van der Waals surface area contributed by atoms with Crippen molar-refractivity contribution in [3.63, 3.8) is 0 Å². The summed E-state index contributed by atoms with van der Waals surface area (Å²) in [5.41, 5.74) is 0.770. The molecule has 0 saturated carbocycles. The van der Waals surface area contributed by atoms with Crippen LogP contribution in [0.1, 0.15) is 0 Å². The molecule has 0 unspecified atom stereocenters. The van der Waals surface area contributed by atoms with Crippen LogP contribution in [0, 0.1) is 6.08 Å². The molecule has 5 nitrogen and oxygen atoms in total. The van der Waals surface area contributed by atoms with Crippen LogP contribution in [0.15, 0.2) is 12.5 Å². The average Bonchev–Trinajstić information content (AvgIpc) is 2.33. The molecular formula is C5H4FN5. The number of hydrogen-bond donors (Lipinski definition) is 1. The van der Waals surface area contributed by atoms with Crippen LogP contribution in [0.4, 0.5) is 4.39 Å². The van der Waals surface area contributed by atoms with Gasteiger partial charge in [-0.15, -0.1) is 0 Å². The summed E-state index contributed by atoms with van der Waals surface area (Å²) in [5, 5.41) is 0. The van der Waals surface area contributed by atoms with Crippen LogP contribution in [0.25, 0.3) is 11.2 Å². The highest BCUT2D eigenvalue weighted by Crippen LogP contribution is 2.04. The minimum Gasteiger partial charge on any atom is -0.336 e. The molecule has 2 heterocycles. The molecule has 0 aliphatic heterocycles. The molecule has 0 fully saturated rings. The number of nitrogens with two attached hydrogens (primary N) is 1. The molecule has 2 aromatic heterocycles. The summed E-state index contributed by atoms with van der Waals surface area (Å²) in [6.07, 6.45) is 1.82. The van der Waals surface area contributed by atoms with Crippen molar-refractivity contribution in [2.75, 3.05) is 5.84 Å². The number of nitrogen functional groups attached to an aromatic ring is 1. The Bertz CT molecular complexity index is 395. The van der Waals surface area contributed by atoms with E-state index in [0.29, 0.717) is 5.52 Å². The number of nitrogens with zero attached hydrogens (tertiary/aromatic N) is 4. The normalized spacial score (nSPS) is 10.6. The van der Waals surface area contributed by atoms with E-state index in [1.807, 2.05) is 0 Å². The second-order valence-electron chi connectivity index (χ2n) is 2.00. The van der Waals surface area contributed by atoms with Crippen molar-refractivity contribution in [2.24, 2.45) is 0 Å². The number of rotatable bonds is 0. The molecule has 2 aromatic rings. The van der Waals surface area contributed by atoms with Gasteiger partial charge < -0.3 is 5.84 Å². The van der Waals surface area contributed by atoms with E-state index in [2.05, 4.69) is 15.0 Å². The molecule has 11 heavy (non-hydrogen) atoms. The lowest BCUT2D eigenvalue weighted by atomic mass is 10.6. The van der Waals surface area contributed by atoms with Gasteiger partial charge in [0.2, 0.25) is 0 Å². The van der Waals surface area contributed by atoms with E-state index in [-0.39, 0.29) is 5.65 Å². The van der Waals surface area contributed by atoms with Gasteiger partial charge in [-0.1, -0.05) is 0 Å². The largest absolute Gasteiger partial charge is 0.336 e. The third-order valence-corrected chi connectivity index (χ3v) is 1.29. The molecule has 6 heteroatoms. The van der Waals surface area contributed by atoms with E-state index < -0.39 is 6.08 Å². The maximum absolute atomic E-state index is 12.4. The molecule has 0 aliphatic rings. The number of halogens is 1. The molecule has 0 atom stereocenters. The van der Waals surface area contributed by atoms with Crippen LogP contribution in [0.5, 0.6) is 0 Å². The molecule has 0 aliphatic carbocycles. The molecule has 2 N–H and O–H groups in total. The fourth-order valence-electron chi connectivity index (χ4n) is 0.806. The fraction of sp³-hybridized carbons (Fsp3) is 0. The van der Waals surface area contributed by atoms with Crippen LogP contribution >= 0.6 is 0 Å². The average molecular weight is 153 g/mol. The molecule has 0 saturated heterocycles. The Kier molecular flexibility index (Phi) is 1.03. The Morgan fingerprint density at radius 3 is 3.09 bits per heavy atom. The summed E-state index contributed by atoms with van der Waals surface area (Å²) in [4.78, 5) is 10.6. The summed E-state index contributed by atoms with van der Waals surface area (Å²) in [5.74, 6) is 5.34. The molecule has 0 bridgehead atoms. The zero-order chi connectivity index (χ0) is 7.84. The molecule has 2 rings (SSSR count). The first-order chi connectivity index (χ1) is 5.27. The highest BCUT2D eigenvalue weighted by Gasteiger charge is 2.02. The van der Waals surface area contributed by atoms with Gasteiger partial charge in [-0.25, -0.2) is 14.6 Å². The maximum atomic E-state index is 12.4. The lowest BCUT2D eigenvalue weighted by Gasteiger charge is -1.90. The van der Waals surface area contributed by atoms with E-state index >= 15 is 0 Å². The van der Waals surface area contributed by atoms with Gasteiger partial charge in [0.15, 0.2) is 5.65 Å². The first-order valence-corrected chi connectivity index (χ1v) is 2.88. The van der Waals surface area contributed by atoms with Gasteiger partial charge in [-0.05, 0) is 0 Å². The molecule has 0 aromatic carbocycles. The molecule has 0 radical (unpaired) electrons. The highest BCUT2D eigenvalue weighted by molar-refractivity contribution is 5.68. The minimum absolute atomic E-state index is 0.289. The summed E-state index contributed by atoms with van der Waals surface area (Å²) < 4.78 is 13.5. The second kappa shape index (κ2) is 1.88. The van der Waals surface area contributed by atoms with Gasteiger partial charge in [0.1, 0.15) is 11.8 Å². The molecule has 0 spiro atoms. The van der Waals surface area contributed by atoms with E-state index in [0.717, 1.165) is 4.68 Å². The lowest BCUT2D eigenvalue weighted by Crippen LogP contribution is -2.07. The predicted molar refractivity (Wildman–Crippen MR) is 35.4 cm³/mol. The highest BCUT2D eigenvalue weighted by atomic mass is 19.1. The topological polar surface area (TPSA) is 69.6 Å². The molecular weight excluding hydrogens is 149 g/mol. The quantitative estimate of drug-likeness (QED) is 0.416. The summed E-state index contributed by atoms with van der Waals surface area (Å²) in [6.45, 7) is 0. The zero-order valence-corrected chi connectivity index (χ0v) is 5.40. The second-order valence-corrected chi connectivity index (χ2v) is 2.00. The van der Waals surface area contributed by atoms with Crippen molar-refractivity contribution in [1.29, 1.82) is 0 Å². The van der Waals surface area contributed by atoms with Gasteiger partial charge in [-0.2, -0.15) is 9.37 Å². The Hall–Kier alpha value is -1.72. The predicted octanol–water partition coefficient (Wildman–Crippen LogP) is -0.321. The van der Waals surface area contributed by atoms with Crippen LogP contribution in [-0.4, -0.2) is 19.6 Å². The maximum Gasteiger partial charge on any atom is 0.310 e.